The third-order valence-electron chi connectivity index (χ3n) is 5.49. The highest BCUT2D eigenvalue weighted by Gasteiger charge is 2.57. The molecule has 9 nitrogen and oxygen atoms in total. The van der Waals surface area contributed by atoms with E-state index in [2.05, 4.69) is 19.6 Å². The van der Waals surface area contributed by atoms with Crippen molar-refractivity contribution in [1.82, 2.24) is 4.90 Å². The number of hydrogen-bond acceptors (Lipinski definition) is 8. The summed E-state index contributed by atoms with van der Waals surface area (Å²) >= 11 is 1.29. The first-order valence-corrected chi connectivity index (χ1v) is 15.3. The molecule has 2 heterocycles. The SMILES string of the molecule is CC(O)C=CSC1=C(C(=O)OCc2ccc([N+](=O)[O-])cc2)N2C(=O)[C@@H]([C@H](C)O[Si](C)(C)C)[C@H]2C1. The Kier molecular flexibility index (Phi) is 8.01. The van der Waals surface area contributed by atoms with Crippen LogP contribution in [0.15, 0.2) is 46.4 Å². The van der Waals surface area contributed by atoms with Gasteiger partial charge in [0.05, 0.1) is 29.1 Å². The molecule has 2 aliphatic heterocycles. The predicted molar refractivity (Wildman–Crippen MR) is 131 cm³/mol. The largest absolute Gasteiger partial charge is 0.456 e. The van der Waals surface area contributed by atoms with Crippen LogP contribution in [0.3, 0.4) is 0 Å². The molecule has 34 heavy (non-hydrogen) atoms. The fourth-order valence-electron chi connectivity index (χ4n) is 4.11. The van der Waals surface area contributed by atoms with E-state index in [1.54, 1.807) is 18.4 Å². The highest BCUT2D eigenvalue weighted by atomic mass is 32.2. The zero-order valence-corrected chi connectivity index (χ0v) is 21.7. The van der Waals surface area contributed by atoms with Crippen LogP contribution in [0.2, 0.25) is 19.6 Å². The second-order valence-electron chi connectivity index (χ2n) is 9.40. The number of hydrogen-bond donors (Lipinski definition) is 1. The number of nitro benzene ring substituents is 1. The summed E-state index contributed by atoms with van der Waals surface area (Å²) in [5.74, 6) is -1.12. The normalized spacial score (nSPS) is 21.9. The Morgan fingerprint density at radius 2 is 1.97 bits per heavy atom. The van der Waals surface area contributed by atoms with Crippen LogP contribution < -0.4 is 0 Å². The van der Waals surface area contributed by atoms with Crippen LogP contribution in [0.5, 0.6) is 0 Å². The van der Waals surface area contributed by atoms with E-state index in [0.717, 1.165) is 0 Å². The molecule has 1 aromatic carbocycles. The lowest BCUT2D eigenvalue weighted by Gasteiger charge is -2.47. The lowest BCUT2D eigenvalue weighted by atomic mass is 9.83. The van der Waals surface area contributed by atoms with Crippen molar-refractivity contribution in [2.24, 2.45) is 5.92 Å². The number of non-ortho nitro benzene ring substituents is 1. The number of aliphatic hydroxyl groups is 1. The number of nitro groups is 1. The summed E-state index contributed by atoms with van der Waals surface area (Å²) in [4.78, 5) is 38.7. The second kappa shape index (κ2) is 10.4. The molecule has 1 amide bonds. The minimum atomic E-state index is -1.85. The molecule has 1 N–H and O–H groups in total. The Labute approximate surface area is 204 Å². The van der Waals surface area contributed by atoms with Crippen molar-refractivity contribution in [3.05, 3.63) is 62.0 Å². The minimum Gasteiger partial charge on any atom is -0.456 e. The molecule has 0 radical (unpaired) electrons. The molecule has 0 spiro atoms. The van der Waals surface area contributed by atoms with Crippen molar-refractivity contribution in [2.75, 3.05) is 0 Å². The average Bonchev–Trinajstić information content (AvgIpc) is 3.05. The Balaban J connectivity index is 1.76. The van der Waals surface area contributed by atoms with E-state index in [1.807, 2.05) is 6.92 Å². The molecule has 0 bridgehead atoms. The van der Waals surface area contributed by atoms with E-state index in [9.17, 15) is 24.8 Å². The molecule has 1 fully saturated rings. The van der Waals surface area contributed by atoms with Crippen LogP contribution in [-0.4, -0.2) is 53.4 Å². The van der Waals surface area contributed by atoms with Gasteiger partial charge in [-0.25, -0.2) is 4.79 Å². The van der Waals surface area contributed by atoms with Gasteiger partial charge in [0.15, 0.2) is 8.32 Å². The maximum absolute atomic E-state index is 13.1. The summed E-state index contributed by atoms with van der Waals surface area (Å²) in [7, 11) is -1.85. The summed E-state index contributed by atoms with van der Waals surface area (Å²) in [6.07, 6.45) is 1.22. The van der Waals surface area contributed by atoms with Gasteiger partial charge in [0, 0.05) is 23.5 Å². The Hall–Kier alpha value is -2.47. The minimum absolute atomic E-state index is 0.0492. The van der Waals surface area contributed by atoms with E-state index >= 15 is 0 Å². The highest BCUT2D eigenvalue weighted by molar-refractivity contribution is 8.05. The summed E-state index contributed by atoms with van der Waals surface area (Å²) in [5.41, 5.74) is 0.766. The molecule has 4 atom stereocenters. The Morgan fingerprint density at radius 3 is 2.53 bits per heavy atom. The van der Waals surface area contributed by atoms with Crippen LogP contribution in [0.4, 0.5) is 5.69 Å². The van der Waals surface area contributed by atoms with Gasteiger partial charge < -0.3 is 19.2 Å². The second-order valence-corrected chi connectivity index (χ2v) is 14.9. The van der Waals surface area contributed by atoms with E-state index in [0.29, 0.717) is 16.9 Å². The standard InChI is InChI=1S/C23H30N2O7SSi/c1-14(26)10-11-33-19-12-18-20(15(2)32-34(3,4)5)22(27)24(18)21(19)23(28)31-13-16-6-8-17(9-7-16)25(29)30/h6-11,14-15,18,20,26H,12-13H2,1-5H3/t14?,15-,18+,20-/m0/s1. The predicted octanol–water partition coefficient (Wildman–Crippen LogP) is 3.95. The summed E-state index contributed by atoms with van der Waals surface area (Å²) in [6.45, 7) is 9.67. The van der Waals surface area contributed by atoms with E-state index in [4.69, 9.17) is 9.16 Å². The van der Waals surface area contributed by atoms with Crippen molar-refractivity contribution in [3.8, 4) is 0 Å². The number of aliphatic hydroxyl groups excluding tert-OH is 1. The molecule has 3 rings (SSSR count). The number of fused-ring (bicyclic) bond motifs is 1. The highest BCUT2D eigenvalue weighted by Crippen LogP contribution is 2.48. The summed E-state index contributed by atoms with van der Waals surface area (Å²) in [6, 6.07) is 5.57. The maximum Gasteiger partial charge on any atom is 0.356 e. The number of thioether (sulfide) groups is 1. The van der Waals surface area contributed by atoms with Crippen molar-refractivity contribution in [2.45, 2.75) is 64.8 Å². The number of carbonyl (C=O) groups is 2. The molecule has 2 aliphatic rings. The van der Waals surface area contributed by atoms with Gasteiger partial charge in [-0.3, -0.25) is 14.9 Å². The summed E-state index contributed by atoms with van der Waals surface area (Å²) < 4.78 is 11.6. The number of benzene rings is 1. The maximum atomic E-state index is 13.1. The number of esters is 1. The zero-order chi connectivity index (χ0) is 25.2. The molecule has 1 aromatic rings. The van der Waals surface area contributed by atoms with Crippen LogP contribution in [0.25, 0.3) is 0 Å². The molecule has 0 aliphatic carbocycles. The number of amides is 1. The first-order chi connectivity index (χ1) is 15.9. The van der Waals surface area contributed by atoms with Gasteiger partial charge in [-0.05, 0) is 62.7 Å². The number of rotatable bonds is 10. The van der Waals surface area contributed by atoms with Crippen LogP contribution in [0, 0.1) is 16.0 Å². The number of ether oxygens (including phenoxy) is 1. The fourth-order valence-corrected chi connectivity index (χ4v) is 6.40. The Bertz CT molecular complexity index is 1020. The van der Waals surface area contributed by atoms with Crippen LogP contribution >= 0.6 is 11.8 Å². The number of β-lactam (4-membered cyclic amide) rings is 1. The van der Waals surface area contributed by atoms with Crippen molar-refractivity contribution in [3.63, 3.8) is 0 Å². The van der Waals surface area contributed by atoms with Crippen LogP contribution in [0.1, 0.15) is 25.8 Å². The first kappa shape index (κ1) is 26.1. The average molecular weight is 507 g/mol. The van der Waals surface area contributed by atoms with Gasteiger partial charge >= 0.3 is 5.97 Å². The quantitative estimate of drug-likeness (QED) is 0.167. The van der Waals surface area contributed by atoms with E-state index < -0.39 is 25.3 Å². The third kappa shape index (κ3) is 5.95. The van der Waals surface area contributed by atoms with E-state index in [1.165, 1.54) is 40.9 Å². The lowest BCUT2D eigenvalue weighted by molar-refractivity contribution is -0.384. The molecule has 1 unspecified atom stereocenters. The fraction of sp³-hybridized carbons (Fsp3) is 0.478. The van der Waals surface area contributed by atoms with Gasteiger partial charge in [0.2, 0.25) is 5.91 Å². The molecular formula is C23H30N2O7SSi. The number of carbonyl (C=O) groups excluding carboxylic acids is 2. The van der Waals surface area contributed by atoms with Gasteiger partial charge in [-0.2, -0.15) is 0 Å². The van der Waals surface area contributed by atoms with Gasteiger partial charge in [-0.1, -0.05) is 0 Å². The summed E-state index contributed by atoms with van der Waals surface area (Å²) in [5, 5.41) is 22.0. The Morgan fingerprint density at radius 1 is 1.32 bits per heavy atom. The first-order valence-electron chi connectivity index (χ1n) is 11.0. The van der Waals surface area contributed by atoms with Gasteiger partial charge in [0.1, 0.15) is 12.3 Å². The van der Waals surface area contributed by atoms with Gasteiger partial charge in [0.25, 0.3) is 5.69 Å². The molecule has 11 heteroatoms. The monoisotopic (exact) mass is 506 g/mol. The van der Waals surface area contributed by atoms with Crippen molar-refractivity contribution in [1.29, 1.82) is 0 Å². The van der Waals surface area contributed by atoms with Crippen LogP contribution in [-0.2, 0) is 25.4 Å². The molecule has 0 aromatic heterocycles. The molecule has 1 saturated heterocycles. The lowest BCUT2D eigenvalue weighted by Crippen LogP contribution is -2.63. The zero-order valence-electron chi connectivity index (χ0n) is 19.9. The molecular weight excluding hydrogens is 476 g/mol. The third-order valence-corrected chi connectivity index (χ3v) is 7.51. The van der Waals surface area contributed by atoms with Crippen molar-refractivity contribution >= 4 is 37.6 Å². The number of nitrogens with zero attached hydrogens (tertiary/aromatic N) is 2. The smallest absolute Gasteiger partial charge is 0.356 e. The van der Waals surface area contributed by atoms with Gasteiger partial charge in [-0.15, -0.1) is 11.8 Å². The topological polar surface area (TPSA) is 119 Å². The van der Waals surface area contributed by atoms with Crippen molar-refractivity contribution < 1.29 is 28.8 Å². The molecule has 184 valence electrons. The van der Waals surface area contributed by atoms with E-state index in [-0.39, 0.29) is 42.0 Å². The molecule has 0 saturated carbocycles.